The van der Waals surface area contributed by atoms with Crippen molar-refractivity contribution in [1.29, 1.82) is 0 Å². The van der Waals surface area contributed by atoms with E-state index in [1.807, 2.05) is 38.1 Å². The van der Waals surface area contributed by atoms with Crippen LogP contribution in [0.5, 0.6) is 0 Å². The predicted octanol–water partition coefficient (Wildman–Crippen LogP) is 3.64. The Labute approximate surface area is 138 Å². The molecule has 0 aliphatic heterocycles. The summed E-state index contributed by atoms with van der Waals surface area (Å²) in [5.74, 6) is -0.0398. The van der Waals surface area contributed by atoms with Crippen LogP contribution in [0.3, 0.4) is 0 Å². The molecular weight excluding hydrogens is 288 g/mol. The molecule has 0 spiro atoms. The summed E-state index contributed by atoms with van der Waals surface area (Å²) >= 11 is 0. The van der Waals surface area contributed by atoms with Crippen LogP contribution in [-0.2, 0) is 4.74 Å². The summed E-state index contributed by atoms with van der Waals surface area (Å²) in [4.78, 5) is 12.1. The average molecular weight is 314 g/mol. The zero-order valence-corrected chi connectivity index (χ0v) is 14.4. The van der Waals surface area contributed by atoms with Gasteiger partial charge in [-0.3, -0.25) is 4.79 Å². The molecule has 4 heteroatoms. The van der Waals surface area contributed by atoms with Crippen LogP contribution in [0.4, 0.5) is 0 Å². The molecule has 4 nitrogen and oxygen atoms in total. The largest absolute Gasteiger partial charge is 0.379 e. The van der Waals surface area contributed by atoms with Gasteiger partial charge in [-0.05, 0) is 70.5 Å². The zero-order chi connectivity index (χ0) is 16.8. The van der Waals surface area contributed by atoms with Gasteiger partial charge in [0.2, 0.25) is 0 Å². The molecular formula is C19H26N2O2. The Kier molecular flexibility index (Phi) is 5.99. The molecule has 0 saturated heterocycles. The van der Waals surface area contributed by atoms with Crippen LogP contribution in [0.2, 0.25) is 0 Å². The molecule has 0 bridgehead atoms. The van der Waals surface area contributed by atoms with E-state index < -0.39 is 0 Å². The van der Waals surface area contributed by atoms with Gasteiger partial charge in [0, 0.05) is 35.8 Å². The van der Waals surface area contributed by atoms with Crippen molar-refractivity contribution in [2.45, 2.75) is 40.2 Å². The number of nitrogens with one attached hydrogen (secondary N) is 1. The molecule has 0 aliphatic rings. The van der Waals surface area contributed by atoms with Crippen molar-refractivity contribution in [3.05, 3.63) is 53.3 Å². The van der Waals surface area contributed by atoms with Crippen LogP contribution < -0.4 is 5.32 Å². The second-order valence-corrected chi connectivity index (χ2v) is 6.03. The number of hydrogen-bond donors (Lipinski definition) is 1. The SMILES string of the molecule is Cc1ccc(C)n1-c1ccc(C(=O)NCCCOC(C)C)cc1. The van der Waals surface area contributed by atoms with E-state index in [4.69, 9.17) is 4.74 Å². The maximum absolute atomic E-state index is 12.1. The summed E-state index contributed by atoms with van der Waals surface area (Å²) in [5, 5.41) is 2.92. The number of aromatic nitrogens is 1. The van der Waals surface area contributed by atoms with Crippen LogP contribution in [0.1, 0.15) is 42.0 Å². The van der Waals surface area contributed by atoms with E-state index in [1.54, 1.807) is 0 Å². The van der Waals surface area contributed by atoms with Crippen molar-refractivity contribution in [3.63, 3.8) is 0 Å². The van der Waals surface area contributed by atoms with Crippen LogP contribution in [-0.4, -0.2) is 29.7 Å². The first-order valence-corrected chi connectivity index (χ1v) is 8.14. The summed E-state index contributed by atoms with van der Waals surface area (Å²) in [6.07, 6.45) is 1.06. The quantitative estimate of drug-likeness (QED) is 0.793. The molecule has 2 rings (SSSR count). The monoisotopic (exact) mass is 314 g/mol. The van der Waals surface area contributed by atoms with Crippen LogP contribution in [0.15, 0.2) is 36.4 Å². The Balaban J connectivity index is 1.91. The highest BCUT2D eigenvalue weighted by Crippen LogP contribution is 2.16. The van der Waals surface area contributed by atoms with Gasteiger partial charge in [-0.15, -0.1) is 0 Å². The van der Waals surface area contributed by atoms with E-state index >= 15 is 0 Å². The van der Waals surface area contributed by atoms with Crippen molar-refractivity contribution in [1.82, 2.24) is 9.88 Å². The second-order valence-electron chi connectivity index (χ2n) is 6.03. The number of aryl methyl sites for hydroxylation is 2. The third kappa shape index (κ3) is 4.70. The Hall–Kier alpha value is -2.07. The van der Waals surface area contributed by atoms with E-state index in [-0.39, 0.29) is 12.0 Å². The third-order valence-electron chi connectivity index (χ3n) is 3.72. The molecule has 1 N–H and O–H groups in total. The smallest absolute Gasteiger partial charge is 0.251 e. The predicted molar refractivity (Wildman–Crippen MR) is 93.3 cm³/mol. The Morgan fingerprint density at radius 3 is 2.26 bits per heavy atom. The van der Waals surface area contributed by atoms with Gasteiger partial charge in [-0.25, -0.2) is 0 Å². The van der Waals surface area contributed by atoms with Crippen LogP contribution in [0, 0.1) is 13.8 Å². The highest BCUT2D eigenvalue weighted by Gasteiger charge is 2.07. The fraction of sp³-hybridized carbons (Fsp3) is 0.421. The maximum Gasteiger partial charge on any atom is 0.251 e. The second kappa shape index (κ2) is 7.97. The normalized spacial score (nSPS) is 11.0. The molecule has 1 aromatic carbocycles. The molecule has 2 aromatic rings. The summed E-state index contributed by atoms with van der Waals surface area (Å²) in [6, 6.07) is 11.9. The number of rotatable bonds is 7. The van der Waals surface area contributed by atoms with Gasteiger partial charge >= 0.3 is 0 Å². The minimum Gasteiger partial charge on any atom is -0.379 e. The first kappa shape index (κ1) is 17.3. The summed E-state index contributed by atoms with van der Waals surface area (Å²) in [7, 11) is 0. The molecule has 0 atom stereocenters. The lowest BCUT2D eigenvalue weighted by atomic mass is 10.2. The van der Waals surface area contributed by atoms with Gasteiger partial charge in [0.25, 0.3) is 5.91 Å². The zero-order valence-electron chi connectivity index (χ0n) is 14.4. The lowest BCUT2D eigenvalue weighted by Crippen LogP contribution is -2.25. The van der Waals surface area contributed by atoms with E-state index in [0.717, 1.165) is 12.1 Å². The van der Waals surface area contributed by atoms with Gasteiger partial charge in [0.05, 0.1) is 6.10 Å². The summed E-state index contributed by atoms with van der Waals surface area (Å²) in [6.45, 7) is 9.47. The number of carbonyl (C=O) groups excluding carboxylic acids is 1. The van der Waals surface area contributed by atoms with E-state index in [2.05, 4.69) is 35.9 Å². The molecule has 0 unspecified atom stereocenters. The Morgan fingerprint density at radius 2 is 1.70 bits per heavy atom. The molecule has 1 heterocycles. The van der Waals surface area contributed by atoms with Crippen molar-refractivity contribution >= 4 is 5.91 Å². The first-order valence-electron chi connectivity index (χ1n) is 8.14. The van der Waals surface area contributed by atoms with Crippen molar-refractivity contribution in [2.24, 2.45) is 0 Å². The maximum atomic E-state index is 12.1. The molecule has 0 saturated carbocycles. The van der Waals surface area contributed by atoms with Crippen LogP contribution >= 0.6 is 0 Å². The average Bonchev–Trinajstić information content (AvgIpc) is 2.85. The van der Waals surface area contributed by atoms with Gasteiger partial charge in [0.1, 0.15) is 0 Å². The van der Waals surface area contributed by atoms with Crippen LogP contribution in [0.25, 0.3) is 5.69 Å². The Morgan fingerprint density at radius 1 is 1.09 bits per heavy atom. The standard InChI is InChI=1S/C19H26N2O2/c1-14(2)23-13-5-12-20-19(22)17-8-10-18(11-9-17)21-15(3)6-7-16(21)4/h6-11,14H,5,12-13H2,1-4H3,(H,20,22). The molecule has 1 aromatic heterocycles. The molecule has 1 amide bonds. The lowest BCUT2D eigenvalue weighted by molar-refractivity contribution is 0.0757. The van der Waals surface area contributed by atoms with Gasteiger partial charge in [-0.2, -0.15) is 0 Å². The number of hydrogen-bond acceptors (Lipinski definition) is 2. The topological polar surface area (TPSA) is 43.3 Å². The first-order chi connectivity index (χ1) is 11.0. The molecule has 0 fully saturated rings. The fourth-order valence-electron chi connectivity index (χ4n) is 2.53. The number of ether oxygens (including phenoxy) is 1. The molecule has 0 radical (unpaired) electrons. The highest BCUT2D eigenvalue weighted by molar-refractivity contribution is 5.94. The number of benzene rings is 1. The van der Waals surface area contributed by atoms with E-state index in [9.17, 15) is 4.79 Å². The van der Waals surface area contributed by atoms with Crippen molar-refractivity contribution in [3.8, 4) is 5.69 Å². The lowest BCUT2D eigenvalue weighted by Gasteiger charge is -2.11. The Bertz CT molecular complexity index is 622. The molecule has 0 aliphatic carbocycles. The number of amides is 1. The number of carbonyl (C=O) groups is 1. The van der Waals surface area contributed by atoms with Gasteiger partial charge in [0.15, 0.2) is 0 Å². The van der Waals surface area contributed by atoms with E-state index in [0.29, 0.717) is 18.7 Å². The molecule has 23 heavy (non-hydrogen) atoms. The van der Waals surface area contributed by atoms with Gasteiger partial charge < -0.3 is 14.6 Å². The molecule has 124 valence electrons. The minimum atomic E-state index is -0.0398. The number of nitrogens with zero attached hydrogens (tertiary/aromatic N) is 1. The fourth-order valence-corrected chi connectivity index (χ4v) is 2.53. The summed E-state index contributed by atoms with van der Waals surface area (Å²) in [5.41, 5.74) is 4.13. The van der Waals surface area contributed by atoms with E-state index in [1.165, 1.54) is 11.4 Å². The minimum absolute atomic E-state index is 0.0398. The van der Waals surface area contributed by atoms with Gasteiger partial charge in [-0.1, -0.05) is 0 Å². The summed E-state index contributed by atoms with van der Waals surface area (Å²) < 4.78 is 7.63. The van der Waals surface area contributed by atoms with Crippen molar-refractivity contribution < 1.29 is 9.53 Å². The van der Waals surface area contributed by atoms with Crippen molar-refractivity contribution in [2.75, 3.05) is 13.2 Å². The highest BCUT2D eigenvalue weighted by atomic mass is 16.5. The third-order valence-corrected chi connectivity index (χ3v) is 3.72.